The Morgan fingerprint density at radius 2 is 0.893 bits per heavy atom. The highest BCUT2D eigenvalue weighted by atomic mass is 16.3. The van der Waals surface area contributed by atoms with Crippen molar-refractivity contribution in [2.75, 3.05) is 0 Å². The van der Waals surface area contributed by atoms with Crippen molar-refractivity contribution in [2.45, 2.75) is 0 Å². The van der Waals surface area contributed by atoms with Crippen molar-refractivity contribution in [3.8, 4) is 62.1 Å². The van der Waals surface area contributed by atoms with Crippen LogP contribution in [0.25, 0.3) is 106 Å². The summed E-state index contributed by atoms with van der Waals surface area (Å²) in [6.07, 6.45) is 0. The molecule has 3 aromatic heterocycles. The van der Waals surface area contributed by atoms with Crippen LogP contribution in [0.15, 0.2) is 198 Å². The van der Waals surface area contributed by atoms with Crippen LogP contribution in [0.4, 0.5) is 0 Å². The minimum atomic E-state index is -0.437. The first-order chi connectivity index (χ1) is 29.8. The van der Waals surface area contributed by atoms with Crippen LogP contribution >= 0.6 is 0 Å². The summed E-state index contributed by atoms with van der Waals surface area (Å²) in [4.78, 5) is 14.9. The van der Waals surface area contributed by atoms with Crippen LogP contribution in [-0.4, -0.2) is 19.5 Å². The number of aromatic nitrogens is 4. The van der Waals surface area contributed by atoms with Gasteiger partial charge in [0.25, 0.3) is 0 Å². The molecule has 11 rings (SSSR count). The van der Waals surface area contributed by atoms with Crippen LogP contribution in [0.2, 0.25) is 0 Å². The summed E-state index contributed by atoms with van der Waals surface area (Å²) >= 11 is 0. The van der Waals surface area contributed by atoms with Gasteiger partial charge in [-0.25, -0.2) is 15.0 Å². The second-order valence-electron chi connectivity index (χ2n) is 13.7. The molecule has 8 aromatic carbocycles. The van der Waals surface area contributed by atoms with Crippen molar-refractivity contribution in [3.63, 3.8) is 0 Å². The number of hydrogen-bond acceptors (Lipinski definition) is 4. The molecular weight excluding hydrogens is 685 g/mol. The van der Waals surface area contributed by atoms with Crippen molar-refractivity contribution in [3.05, 3.63) is 194 Å². The quantitative estimate of drug-likeness (QED) is 0.172. The summed E-state index contributed by atoms with van der Waals surface area (Å²) < 4.78 is 50.4. The molecule has 0 aliphatic carbocycles. The average Bonchev–Trinajstić information content (AvgIpc) is 3.85. The van der Waals surface area contributed by atoms with Crippen LogP contribution in [-0.2, 0) is 0 Å². The molecule has 0 spiro atoms. The molecule has 11 aromatic rings. The minimum absolute atomic E-state index is 0.112. The highest BCUT2D eigenvalue weighted by molar-refractivity contribution is 6.11. The third-order valence-electron chi connectivity index (χ3n) is 10.3. The first-order valence-electron chi connectivity index (χ1n) is 20.9. The molecule has 3 heterocycles. The molecule has 0 bridgehead atoms. The van der Waals surface area contributed by atoms with Gasteiger partial charge in [-0.3, -0.25) is 0 Å². The maximum atomic E-state index is 8.58. The molecule has 0 N–H and O–H groups in total. The molecule has 56 heavy (non-hydrogen) atoms. The predicted molar refractivity (Wildman–Crippen MR) is 229 cm³/mol. The van der Waals surface area contributed by atoms with Crippen molar-refractivity contribution < 1.29 is 11.3 Å². The molecule has 0 saturated heterocycles. The summed E-state index contributed by atoms with van der Waals surface area (Å²) in [5, 5.41) is 4.25. The van der Waals surface area contributed by atoms with Gasteiger partial charge in [0.05, 0.1) is 17.9 Å². The first kappa shape index (κ1) is 27.0. The lowest BCUT2D eigenvalue weighted by Gasteiger charge is -2.10. The van der Waals surface area contributed by atoms with Crippen molar-refractivity contribution in [1.29, 1.82) is 0 Å². The second-order valence-corrected chi connectivity index (χ2v) is 13.7. The van der Waals surface area contributed by atoms with E-state index in [0.29, 0.717) is 28.6 Å². The van der Waals surface area contributed by atoms with Crippen LogP contribution in [0, 0.1) is 0 Å². The van der Waals surface area contributed by atoms with Crippen molar-refractivity contribution >= 4 is 43.7 Å². The van der Waals surface area contributed by atoms with Crippen molar-refractivity contribution in [2.24, 2.45) is 0 Å². The zero-order chi connectivity index (χ0) is 41.4. The lowest BCUT2D eigenvalue weighted by atomic mass is 10.00. The number of rotatable bonds is 6. The van der Waals surface area contributed by atoms with Gasteiger partial charge in [-0.15, -0.1) is 0 Å². The summed E-state index contributed by atoms with van der Waals surface area (Å²) in [7, 11) is 0. The van der Waals surface area contributed by atoms with Gasteiger partial charge in [-0.2, -0.15) is 0 Å². The Balaban J connectivity index is 1.03. The summed E-state index contributed by atoms with van der Waals surface area (Å²) in [6, 6.07) is 52.9. The van der Waals surface area contributed by atoms with Crippen LogP contribution in [0.3, 0.4) is 0 Å². The lowest BCUT2D eigenvalue weighted by molar-refractivity contribution is 0.669. The van der Waals surface area contributed by atoms with Gasteiger partial charge in [-0.1, -0.05) is 127 Å². The standard InChI is InChI=1S/C51H32N4O/c1-4-13-33(14-5-1)35-17-12-18-38(29-35)50-52-49(34-15-6-2-7-16-34)53-51(54-50)39-25-28-48-44(32-39)43-31-37(24-27-47(43)56-48)36-23-26-46-42(30-36)41-21-10-11-22-45(41)55(46)40-19-8-3-9-20-40/h1-32H/i1D,4D,5D,13D,14D. The molecule has 0 unspecified atom stereocenters. The molecule has 0 amide bonds. The van der Waals surface area contributed by atoms with Gasteiger partial charge in [0, 0.05) is 43.9 Å². The smallest absolute Gasteiger partial charge is 0.164 e. The number of fused-ring (bicyclic) bond motifs is 6. The molecule has 0 aliphatic heterocycles. The maximum absolute atomic E-state index is 8.58. The fraction of sp³-hybridized carbons (Fsp3) is 0. The van der Waals surface area contributed by atoms with Gasteiger partial charge in [-0.05, 0) is 89.0 Å². The summed E-state index contributed by atoms with van der Waals surface area (Å²) in [5.41, 5.74) is 9.82. The van der Waals surface area contributed by atoms with E-state index < -0.39 is 18.1 Å². The van der Waals surface area contributed by atoms with Crippen molar-refractivity contribution in [1.82, 2.24) is 19.5 Å². The molecular formula is C51H32N4O. The van der Waals surface area contributed by atoms with Gasteiger partial charge in [0.1, 0.15) is 11.2 Å². The maximum Gasteiger partial charge on any atom is 0.164 e. The molecule has 0 saturated carbocycles. The van der Waals surface area contributed by atoms with E-state index >= 15 is 0 Å². The summed E-state index contributed by atoms with van der Waals surface area (Å²) in [6.45, 7) is 0. The van der Waals surface area contributed by atoms with E-state index in [2.05, 4.69) is 89.5 Å². The van der Waals surface area contributed by atoms with Gasteiger partial charge >= 0.3 is 0 Å². The number of furan rings is 1. The zero-order valence-corrected chi connectivity index (χ0v) is 29.8. The predicted octanol–water partition coefficient (Wildman–Crippen LogP) is 13.2. The Kier molecular flexibility index (Phi) is 6.29. The first-order valence-corrected chi connectivity index (χ1v) is 18.4. The molecule has 5 nitrogen and oxygen atoms in total. The van der Waals surface area contributed by atoms with E-state index in [-0.39, 0.29) is 17.6 Å². The van der Waals surface area contributed by atoms with Crippen LogP contribution < -0.4 is 0 Å². The third kappa shape index (κ3) is 5.45. The zero-order valence-electron chi connectivity index (χ0n) is 34.8. The largest absolute Gasteiger partial charge is 0.456 e. The second kappa shape index (κ2) is 13.0. The highest BCUT2D eigenvalue weighted by Crippen LogP contribution is 2.38. The lowest BCUT2D eigenvalue weighted by Crippen LogP contribution is -2.00. The Morgan fingerprint density at radius 1 is 0.375 bits per heavy atom. The van der Waals surface area contributed by atoms with E-state index in [1.54, 1.807) is 18.2 Å². The molecule has 0 radical (unpaired) electrons. The molecule has 0 fully saturated rings. The third-order valence-corrected chi connectivity index (χ3v) is 10.3. The Hall–Kier alpha value is -7.63. The Labute approximate surface area is 329 Å². The number of nitrogens with zero attached hydrogens (tertiary/aromatic N) is 4. The SMILES string of the molecule is [2H]c1c([2H])c([2H])c(-c2cccc(-c3nc(-c4ccccc4)nc(-c4ccc5oc6ccc(-c7ccc8c(c7)c7ccccc7n8-c7ccccc7)cc6c5c4)n3)c2)c([2H])c1[2H]. The Morgan fingerprint density at radius 3 is 1.64 bits per heavy atom. The highest BCUT2D eigenvalue weighted by Gasteiger charge is 2.17. The van der Waals surface area contributed by atoms with Gasteiger partial charge in [0.15, 0.2) is 17.5 Å². The van der Waals surface area contributed by atoms with Gasteiger partial charge in [0.2, 0.25) is 0 Å². The minimum Gasteiger partial charge on any atom is -0.456 e. The van der Waals surface area contributed by atoms with E-state index in [9.17, 15) is 0 Å². The van der Waals surface area contributed by atoms with E-state index in [4.69, 9.17) is 26.2 Å². The monoisotopic (exact) mass is 721 g/mol. The molecule has 0 atom stereocenters. The van der Waals surface area contributed by atoms with Crippen LogP contribution in [0.1, 0.15) is 6.85 Å². The number of hydrogen-bond donors (Lipinski definition) is 0. The molecule has 0 aliphatic rings. The van der Waals surface area contributed by atoms with E-state index in [1.165, 1.54) is 10.8 Å². The average molecular weight is 722 g/mol. The number of para-hydroxylation sites is 2. The van der Waals surface area contributed by atoms with E-state index in [0.717, 1.165) is 60.9 Å². The molecule has 262 valence electrons. The number of benzene rings is 8. The fourth-order valence-corrected chi connectivity index (χ4v) is 7.66. The van der Waals surface area contributed by atoms with Crippen LogP contribution in [0.5, 0.6) is 0 Å². The normalized spacial score (nSPS) is 12.8. The molecule has 5 heteroatoms. The Bertz CT molecular complexity index is 3520. The van der Waals surface area contributed by atoms with E-state index in [1.807, 2.05) is 60.7 Å². The topological polar surface area (TPSA) is 56.7 Å². The summed E-state index contributed by atoms with van der Waals surface area (Å²) in [5.74, 6) is 1.29. The fourth-order valence-electron chi connectivity index (χ4n) is 7.66. The van der Waals surface area contributed by atoms with Gasteiger partial charge < -0.3 is 8.98 Å².